The molecule has 4 bridgehead atoms. The average Bonchev–Trinajstić information content (AvgIpc) is 3.78. The molecule has 0 aromatic heterocycles. The van der Waals surface area contributed by atoms with E-state index < -0.39 is 12.1 Å². The smallest absolute Gasteiger partial charge is 0.258 e. The quantitative estimate of drug-likeness (QED) is 0.406. The molecule has 3 amide bonds. The van der Waals surface area contributed by atoms with Gasteiger partial charge in [0.2, 0.25) is 5.91 Å². The Hall–Kier alpha value is -4.57. The number of rotatable bonds is 6. The molecule has 2 atom stereocenters. The molecule has 7 rings (SSSR count). The highest BCUT2D eigenvalue weighted by Crippen LogP contribution is 2.31. The number of carbonyl (C=O) groups excluding carboxylic acids is 3. The van der Waals surface area contributed by atoms with Crippen LogP contribution in [0.15, 0.2) is 66.7 Å². The van der Waals surface area contributed by atoms with Crippen LogP contribution in [0.1, 0.15) is 39.9 Å². The van der Waals surface area contributed by atoms with Crippen molar-refractivity contribution in [3.05, 3.63) is 89.0 Å². The highest BCUT2D eigenvalue weighted by atomic mass is 16.5. The van der Waals surface area contributed by atoms with Crippen molar-refractivity contribution in [2.75, 3.05) is 26.3 Å². The van der Waals surface area contributed by atoms with Gasteiger partial charge in [-0.25, -0.2) is 0 Å². The molecule has 0 unspecified atom stereocenters. The predicted molar refractivity (Wildman–Crippen MR) is 157 cm³/mol. The summed E-state index contributed by atoms with van der Waals surface area (Å²) in [5, 5.41) is 15.2. The third-order valence-corrected chi connectivity index (χ3v) is 7.89. The second-order valence-corrected chi connectivity index (χ2v) is 11.3. The molecule has 3 N–H and O–H groups in total. The molecule has 10 nitrogen and oxygen atoms in total. The van der Waals surface area contributed by atoms with Crippen molar-refractivity contribution >= 4 is 17.7 Å². The summed E-state index contributed by atoms with van der Waals surface area (Å²) >= 11 is 0. The summed E-state index contributed by atoms with van der Waals surface area (Å²) in [6, 6.07) is 19.1. The Morgan fingerprint density at radius 2 is 1.72 bits per heavy atom. The van der Waals surface area contributed by atoms with E-state index in [1.165, 1.54) is 0 Å². The fourth-order valence-corrected chi connectivity index (χ4v) is 5.17. The van der Waals surface area contributed by atoms with Gasteiger partial charge >= 0.3 is 0 Å². The standard InChI is InChI=1S/C33H35N3O7/c37-18-23-3-1-21(2-4-23)11-32(39)36-16-29-30(17-36)43-26-9-7-22(8-10-26)15-34-31(38)20-42-28-13-25(33(40)35-29)12-27(14-28)41-19-24-5-6-24/h1-4,7-10,12-14,24,29-30,37H,5-6,11,15-20H2,(H,34,38)(H,35,40)/t29-,30-/m0/s1. The number of hydrogen-bond donors (Lipinski definition) is 3. The number of aliphatic hydroxyl groups is 1. The highest BCUT2D eigenvalue weighted by Gasteiger charge is 2.38. The normalized spacial score (nSPS) is 20.3. The Morgan fingerprint density at radius 1 is 0.953 bits per heavy atom. The van der Waals surface area contributed by atoms with Gasteiger partial charge in [-0.1, -0.05) is 36.4 Å². The van der Waals surface area contributed by atoms with Crippen LogP contribution >= 0.6 is 0 Å². The molecular weight excluding hydrogens is 550 g/mol. The van der Waals surface area contributed by atoms with Gasteiger partial charge in [0, 0.05) is 24.7 Å². The Kier molecular flexibility index (Phi) is 8.46. The van der Waals surface area contributed by atoms with Crippen LogP contribution in [0.4, 0.5) is 0 Å². The van der Waals surface area contributed by atoms with Gasteiger partial charge in [-0.05, 0) is 59.7 Å². The number of amides is 3. The lowest BCUT2D eigenvalue weighted by Crippen LogP contribution is -2.45. The summed E-state index contributed by atoms with van der Waals surface area (Å²) < 4.78 is 18.0. The van der Waals surface area contributed by atoms with Crippen LogP contribution in [0.25, 0.3) is 0 Å². The number of nitrogens with one attached hydrogen (secondary N) is 2. The lowest BCUT2D eigenvalue weighted by molar-refractivity contribution is -0.129. The lowest BCUT2D eigenvalue weighted by atomic mass is 10.1. The number of benzene rings is 3. The zero-order valence-corrected chi connectivity index (χ0v) is 23.8. The molecule has 43 heavy (non-hydrogen) atoms. The molecule has 224 valence electrons. The van der Waals surface area contributed by atoms with Crippen LogP contribution in [-0.4, -0.2) is 66.2 Å². The summed E-state index contributed by atoms with van der Waals surface area (Å²) in [6.07, 6.45) is 1.95. The number of nitrogens with zero attached hydrogens (tertiary/aromatic N) is 1. The zero-order chi connectivity index (χ0) is 29.8. The average molecular weight is 586 g/mol. The third-order valence-electron chi connectivity index (χ3n) is 7.89. The van der Waals surface area contributed by atoms with Crippen molar-refractivity contribution in [3.8, 4) is 17.2 Å². The number of fused-ring (bicyclic) bond motifs is 7. The Morgan fingerprint density at radius 3 is 2.47 bits per heavy atom. The predicted octanol–water partition coefficient (Wildman–Crippen LogP) is 2.61. The number of likely N-dealkylation sites (tertiary alicyclic amines) is 1. The molecule has 3 heterocycles. The fraction of sp³-hybridized carbons (Fsp3) is 0.364. The van der Waals surface area contributed by atoms with Gasteiger partial charge in [0.05, 0.1) is 32.2 Å². The van der Waals surface area contributed by atoms with E-state index in [4.69, 9.17) is 14.2 Å². The van der Waals surface area contributed by atoms with Crippen LogP contribution in [0, 0.1) is 5.92 Å². The van der Waals surface area contributed by atoms with Gasteiger partial charge in [0.15, 0.2) is 6.61 Å². The number of ether oxygens (including phenoxy) is 3. The Bertz CT molecular complexity index is 1470. The molecule has 3 aromatic rings. The number of aliphatic hydroxyl groups excluding tert-OH is 1. The second kappa shape index (κ2) is 12.7. The van der Waals surface area contributed by atoms with Crippen LogP contribution < -0.4 is 24.8 Å². The molecular formula is C33H35N3O7. The van der Waals surface area contributed by atoms with E-state index >= 15 is 0 Å². The SMILES string of the molecule is O=C1COc2cc(OCC3CC3)cc(c2)C(=O)N[C@H]2CN(C(=O)Cc3ccc(CO)cc3)C[C@@H]2Oc2ccc(cc2)CN1. The van der Waals surface area contributed by atoms with Crippen molar-refractivity contribution in [3.63, 3.8) is 0 Å². The molecule has 4 aliphatic rings. The first-order chi connectivity index (χ1) is 20.9. The maximum absolute atomic E-state index is 13.6. The molecule has 1 saturated carbocycles. The first-order valence-corrected chi connectivity index (χ1v) is 14.6. The van der Waals surface area contributed by atoms with Gasteiger partial charge in [-0.2, -0.15) is 0 Å². The van der Waals surface area contributed by atoms with E-state index in [-0.39, 0.29) is 43.9 Å². The Balaban J connectivity index is 1.24. The van der Waals surface area contributed by atoms with Crippen LogP contribution in [0.3, 0.4) is 0 Å². The minimum absolute atomic E-state index is 0.0560. The molecule has 2 fully saturated rings. The van der Waals surface area contributed by atoms with E-state index in [2.05, 4.69) is 10.6 Å². The summed E-state index contributed by atoms with van der Waals surface area (Å²) in [6.45, 7) is 1.20. The van der Waals surface area contributed by atoms with Gasteiger partial charge < -0.3 is 34.9 Å². The van der Waals surface area contributed by atoms with E-state index in [0.29, 0.717) is 48.4 Å². The van der Waals surface area contributed by atoms with E-state index in [9.17, 15) is 19.5 Å². The summed E-state index contributed by atoms with van der Waals surface area (Å²) in [5.74, 6) is 1.23. The first-order valence-electron chi connectivity index (χ1n) is 14.6. The Labute approximate surface area is 249 Å². The van der Waals surface area contributed by atoms with Crippen molar-refractivity contribution in [2.24, 2.45) is 5.92 Å². The van der Waals surface area contributed by atoms with E-state index in [1.54, 1.807) is 35.2 Å². The maximum Gasteiger partial charge on any atom is 0.258 e. The van der Waals surface area contributed by atoms with E-state index in [1.807, 2.05) is 36.4 Å². The summed E-state index contributed by atoms with van der Waals surface area (Å²) in [4.78, 5) is 41.1. The van der Waals surface area contributed by atoms with Crippen LogP contribution in [-0.2, 0) is 29.2 Å². The van der Waals surface area contributed by atoms with Crippen LogP contribution in [0.5, 0.6) is 17.2 Å². The molecule has 0 spiro atoms. The van der Waals surface area contributed by atoms with Gasteiger partial charge in [0.1, 0.15) is 23.4 Å². The number of hydrogen-bond acceptors (Lipinski definition) is 7. The van der Waals surface area contributed by atoms with E-state index in [0.717, 1.165) is 29.5 Å². The zero-order valence-electron chi connectivity index (χ0n) is 23.8. The lowest BCUT2D eigenvalue weighted by Gasteiger charge is -2.21. The van der Waals surface area contributed by atoms with Gasteiger partial charge in [-0.3, -0.25) is 14.4 Å². The second-order valence-electron chi connectivity index (χ2n) is 11.3. The third kappa shape index (κ3) is 7.45. The molecule has 1 aliphatic carbocycles. The summed E-state index contributed by atoms with van der Waals surface area (Å²) in [7, 11) is 0. The minimum Gasteiger partial charge on any atom is -0.493 e. The molecule has 0 radical (unpaired) electrons. The minimum atomic E-state index is -0.490. The van der Waals surface area contributed by atoms with Gasteiger partial charge in [0.25, 0.3) is 11.8 Å². The molecule has 10 heteroatoms. The largest absolute Gasteiger partial charge is 0.493 e. The van der Waals surface area contributed by atoms with Crippen molar-refractivity contribution in [1.29, 1.82) is 0 Å². The highest BCUT2D eigenvalue weighted by molar-refractivity contribution is 5.95. The first kappa shape index (κ1) is 28.5. The summed E-state index contributed by atoms with van der Waals surface area (Å²) in [5.41, 5.74) is 2.84. The number of carbonyl (C=O) groups is 3. The van der Waals surface area contributed by atoms with Gasteiger partial charge in [-0.15, -0.1) is 0 Å². The molecule has 3 aromatic carbocycles. The van der Waals surface area contributed by atoms with Crippen molar-refractivity contribution in [1.82, 2.24) is 15.5 Å². The molecule has 3 aliphatic heterocycles. The fourth-order valence-electron chi connectivity index (χ4n) is 5.17. The molecule has 1 saturated heterocycles. The van der Waals surface area contributed by atoms with Crippen LogP contribution in [0.2, 0.25) is 0 Å². The van der Waals surface area contributed by atoms with Crippen molar-refractivity contribution < 1.29 is 33.7 Å². The topological polar surface area (TPSA) is 126 Å². The monoisotopic (exact) mass is 585 g/mol. The van der Waals surface area contributed by atoms with Crippen molar-refractivity contribution in [2.45, 2.75) is 44.6 Å². The maximum atomic E-state index is 13.6.